The van der Waals surface area contributed by atoms with E-state index in [0.717, 1.165) is 29.0 Å². The summed E-state index contributed by atoms with van der Waals surface area (Å²) >= 11 is 0. The van der Waals surface area contributed by atoms with Crippen molar-refractivity contribution in [2.75, 3.05) is 38.3 Å². The van der Waals surface area contributed by atoms with Gasteiger partial charge >= 0.3 is 17.8 Å². The number of azide groups is 1. The van der Waals surface area contributed by atoms with Gasteiger partial charge in [0, 0.05) is 61.0 Å². The molecule has 2 aromatic carbocycles. The number of nitrogens with one attached hydrogen (secondary N) is 1. The Morgan fingerprint density at radius 1 is 1.09 bits per heavy atom. The Bertz CT molecular complexity index is 2370. The standard InChI is InChI=1S/C37H39FN8O9/c1-20-15-46(36(50)40-34(20)48)29-14-27(41-42-39)28(55-29)19-53-35(49)25-17-45(23-9-10-23)30-24(32(25)47)13-26(38)31(33(30)52-3)43-11-12-44(21(2)16-43)37(51)54-18-22-7-5-4-6-8-22/h4-8,13,15,17,21,23,27-29H,9-12,14,16,18-19H2,1-3H3,(H,40,48,50)/t21?,27-,28+,29+/m0/s1. The van der Waals surface area contributed by atoms with Crippen LogP contribution >= 0.6 is 0 Å². The van der Waals surface area contributed by atoms with Crippen molar-refractivity contribution in [3.05, 3.63) is 113 Å². The molecule has 4 heterocycles. The molecule has 4 aromatic rings. The molecule has 2 saturated heterocycles. The number of amides is 1. The molecule has 1 aliphatic carbocycles. The second kappa shape index (κ2) is 15.3. The summed E-state index contributed by atoms with van der Waals surface area (Å²) in [6, 6.07) is 9.15. The number of methoxy groups -OCH3 is 1. The maximum Gasteiger partial charge on any atom is 0.410 e. The number of carbonyl (C=O) groups excluding carboxylic acids is 2. The Kier molecular flexibility index (Phi) is 10.4. The van der Waals surface area contributed by atoms with Crippen LogP contribution in [0.15, 0.2) is 68.3 Å². The van der Waals surface area contributed by atoms with Crippen molar-refractivity contribution < 1.29 is 32.9 Å². The van der Waals surface area contributed by atoms with Gasteiger partial charge < -0.3 is 33.3 Å². The van der Waals surface area contributed by atoms with Crippen LogP contribution in [0, 0.1) is 12.7 Å². The highest BCUT2D eigenvalue weighted by molar-refractivity contribution is 5.97. The number of esters is 1. The van der Waals surface area contributed by atoms with Gasteiger partial charge in [-0.2, -0.15) is 0 Å². The Balaban J connectivity index is 1.12. The molecule has 0 spiro atoms. The molecule has 55 heavy (non-hydrogen) atoms. The number of benzene rings is 2. The molecule has 1 amide bonds. The summed E-state index contributed by atoms with van der Waals surface area (Å²) in [6.45, 7) is 3.83. The van der Waals surface area contributed by atoms with Crippen molar-refractivity contribution in [1.82, 2.24) is 19.0 Å². The third kappa shape index (κ3) is 7.37. The fourth-order valence-corrected chi connectivity index (χ4v) is 7.21. The Hall–Kier alpha value is -6.13. The molecule has 1 saturated carbocycles. The quantitative estimate of drug-likeness (QED) is 0.105. The van der Waals surface area contributed by atoms with E-state index in [4.69, 9.17) is 24.5 Å². The van der Waals surface area contributed by atoms with Crippen LogP contribution in [0.1, 0.15) is 59.9 Å². The monoisotopic (exact) mass is 758 g/mol. The molecule has 7 rings (SSSR count). The summed E-state index contributed by atoms with van der Waals surface area (Å²) in [7, 11) is 1.39. The summed E-state index contributed by atoms with van der Waals surface area (Å²) in [5, 5.41) is 3.67. The Morgan fingerprint density at radius 2 is 1.85 bits per heavy atom. The van der Waals surface area contributed by atoms with E-state index in [1.54, 1.807) is 14.4 Å². The first-order valence-electron chi connectivity index (χ1n) is 17.9. The molecular weight excluding hydrogens is 719 g/mol. The van der Waals surface area contributed by atoms with Crippen LogP contribution in [0.2, 0.25) is 0 Å². The minimum atomic E-state index is -1.00. The molecule has 1 unspecified atom stereocenters. The molecule has 3 aliphatic rings. The van der Waals surface area contributed by atoms with Crippen molar-refractivity contribution in [3.8, 4) is 5.75 Å². The van der Waals surface area contributed by atoms with E-state index in [1.165, 1.54) is 26.4 Å². The lowest BCUT2D eigenvalue weighted by Crippen LogP contribution is -2.54. The van der Waals surface area contributed by atoms with E-state index in [0.29, 0.717) is 5.52 Å². The fraction of sp³-hybridized carbons (Fsp3) is 0.432. The third-order valence-corrected chi connectivity index (χ3v) is 10.2. The Labute approximate surface area is 312 Å². The lowest BCUT2D eigenvalue weighted by atomic mass is 10.1. The Morgan fingerprint density at radius 3 is 2.55 bits per heavy atom. The van der Waals surface area contributed by atoms with Crippen molar-refractivity contribution in [3.63, 3.8) is 0 Å². The second-order valence-electron chi connectivity index (χ2n) is 13.9. The maximum atomic E-state index is 16.2. The number of piperazine rings is 1. The number of aromatic nitrogens is 3. The summed E-state index contributed by atoms with van der Waals surface area (Å²) < 4.78 is 42.0. The number of ether oxygens (including phenoxy) is 4. The number of aromatic amines is 1. The highest BCUT2D eigenvalue weighted by Crippen LogP contribution is 2.44. The second-order valence-corrected chi connectivity index (χ2v) is 13.9. The van der Waals surface area contributed by atoms with Crippen LogP contribution in [-0.2, 0) is 20.8 Å². The SMILES string of the molecule is COc1c(N2CCN(C(=O)OCc3ccccc3)C(C)C2)c(F)cc2c(=O)c(C(=O)OC[C@H]3O[C@@H](n4cc(C)c(=O)[nH]c4=O)C[C@@H]3N=[N+]=[N-])cn(C3CC3)c12. The normalized spacial score (nSPS) is 20.9. The van der Waals surface area contributed by atoms with Gasteiger partial charge in [-0.15, -0.1) is 0 Å². The number of fused-ring (bicyclic) bond motifs is 1. The van der Waals surface area contributed by atoms with Gasteiger partial charge in [0.25, 0.3) is 5.56 Å². The molecule has 18 heteroatoms. The minimum absolute atomic E-state index is 0.0513. The number of hydrogen-bond acceptors (Lipinski definition) is 11. The van der Waals surface area contributed by atoms with Gasteiger partial charge in [0.15, 0.2) is 11.6 Å². The van der Waals surface area contributed by atoms with Gasteiger partial charge in [-0.05, 0) is 43.9 Å². The van der Waals surface area contributed by atoms with Crippen molar-refractivity contribution in [1.29, 1.82) is 0 Å². The van der Waals surface area contributed by atoms with Crippen molar-refractivity contribution in [2.24, 2.45) is 5.11 Å². The molecule has 3 fully saturated rings. The van der Waals surface area contributed by atoms with Crippen LogP contribution in [-0.4, -0.2) is 82.6 Å². The van der Waals surface area contributed by atoms with E-state index in [1.807, 2.05) is 37.3 Å². The zero-order valence-corrected chi connectivity index (χ0v) is 30.3. The summed E-state index contributed by atoms with van der Waals surface area (Å²) in [6.07, 6.45) is 1.88. The summed E-state index contributed by atoms with van der Waals surface area (Å²) in [5.41, 5.74) is 8.35. The lowest BCUT2D eigenvalue weighted by Gasteiger charge is -2.40. The molecule has 0 bridgehead atoms. The number of hydrogen-bond donors (Lipinski definition) is 1. The molecule has 17 nitrogen and oxygen atoms in total. The average molecular weight is 759 g/mol. The zero-order chi connectivity index (χ0) is 39.0. The van der Waals surface area contributed by atoms with Crippen LogP contribution in [0.5, 0.6) is 5.75 Å². The van der Waals surface area contributed by atoms with E-state index < -0.39 is 59.5 Å². The van der Waals surface area contributed by atoms with Gasteiger partial charge in [-0.3, -0.25) is 19.1 Å². The average Bonchev–Trinajstić information content (AvgIpc) is 3.94. The summed E-state index contributed by atoms with van der Waals surface area (Å²) in [5.74, 6) is -1.61. The topological polar surface area (TPSA) is 203 Å². The number of rotatable bonds is 10. The first-order chi connectivity index (χ1) is 26.5. The number of pyridine rings is 1. The number of aryl methyl sites for hydroxylation is 1. The van der Waals surface area contributed by atoms with Crippen molar-refractivity contribution in [2.45, 2.75) is 70.2 Å². The predicted molar refractivity (Wildman–Crippen MR) is 196 cm³/mol. The van der Waals surface area contributed by atoms with E-state index in [-0.39, 0.29) is 72.7 Å². The first-order valence-corrected chi connectivity index (χ1v) is 17.9. The lowest BCUT2D eigenvalue weighted by molar-refractivity contribution is -0.0363. The predicted octanol–water partition coefficient (Wildman–Crippen LogP) is 4.31. The number of carbonyl (C=O) groups is 2. The summed E-state index contributed by atoms with van der Waals surface area (Å²) in [4.78, 5) is 73.2. The zero-order valence-electron chi connectivity index (χ0n) is 30.3. The van der Waals surface area contributed by atoms with Gasteiger partial charge in [-0.1, -0.05) is 35.4 Å². The highest BCUT2D eigenvalue weighted by atomic mass is 19.1. The highest BCUT2D eigenvalue weighted by Gasteiger charge is 2.38. The van der Waals surface area contributed by atoms with Gasteiger partial charge in [0.2, 0.25) is 5.43 Å². The number of H-pyrrole nitrogens is 1. The molecule has 4 atom stereocenters. The maximum absolute atomic E-state index is 16.2. The molecular formula is C37H39FN8O9. The largest absolute Gasteiger partial charge is 0.492 e. The van der Waals surface area contributed by atoms with Gasteiger partial charge in [0.05, 0.1) is 24.1 Å². The van der Waals surface area contributed by atoms with Crippen molar-refractivity contribution >= 4 is 28.7 Å². The molecule has 0 radical (unpaired) electrons. The fourth-order valence-electron chi connectivity index (χ4n) is 7.21. The van der Waals surface area contributed by atoms with Crippen LogP contribution in [0.25, 0.3) is 21.3 Å². The molecule has 2 aromatic heterocycles. The van der Waals surface area contributed by atoms with E-state index >= 15 is 4.39 Å². The molecule has 2 aliphatic heterocycles. The first kappa shape index (κ1) is 37.2. The number of nitrogens with zero attached hydrogens (tertiary/aromatic N) is 7. The van der Waals surface area contributed by atoms with Gasteiger partial charge in [-0.25, -0.2) is 18.8 Å². The van der Waals surface area contributed by atoms with Gasteiger partial charge in [0.1, 0.15) is 36.8 Å². The number of anilines is 1. The van der Waals surface area contributed by atoms with Crippen LogP contribution < -0.4 is 26.3 Å². The van der Waals surface area contributed by atoms with Crippen LogP contribution in [0.3, 0.4) is 0 Å². The van der Waals surface area contributed by atoms with E-state index in [9.17, 15) is 24.0 Å². The smallest absolute Gasteiger partial charge is 0.410 e. The number of halogens is 1. The van der Waals surface area contributed by atoms with Crippen LogP contribution in [0.4, 0.5) is 14.9 Å². The molecule has 1 N–H and O–H groups in total. The van der Waals surface area contributed by atoms with E-state index in [2.05, 4.69) is 15.0 Å². The molecule has 288 valence electrons. The minimum Gasteiger partial charge on any atom is -0.492 e. The third-order valence-electron chi connectivity index (χ3n) is 10.2.